The quantitative estimate of drug-likeness (QED) is 0.404. The minimum absolute atomic E-state index is 0.00578. The van der Waals surface area contributed by atoms with Crippen molar-refractivity contribution < 1.29 is 38.3 Å². The number of nitrogens with zero attached hydrogens (tertiary/aromatic N) is 1. The van der Waals surface area contributed by atoms with E-state index in [9.17, 15) is 24.3 Å². The van der Waals surface area contributed by atoms with E-state index in [1.54, 1.807) is 12.1 Å². The van der Waals surface area contributed by atoms with Gasteiger partial charge in [0.2, 0.25) is 5.91 Å². The van der Waals surface area contributed by atoms with Crippen LogP contribution in [-0.2, 0) is 28.4 Å². The number of carbonyl (C=O) groups is 4. The molecule has 2 heterocycles. The molecule has 39 heavy (non-hydrogen) atoms. The third-order valence-electron chi connectivity index (χ3n) is 6.02. The largest absolute Gasteiger partial charge is 0.622 e. The van der Waals surface area contributed by atoms with E-state index in [0.717, 1.165) is 5.56 Å². The van der Waals surface area contributed by atoms with Crippen molar-refractivity contribution >= 4 is 30.9 Å². The minimum Gasteiger partial charge on any atom is -0.496 e. The molecule has 0 unspecified atom stereocenters. The predicted molar refractivity (Wildman–Crippen MR) is 142 cm³/mol. The maximum absolute atomic E-state index is 13.3. The Bertz CT molecular complexity index is 1150. The molecule has 0 bridgehead atoms. The number of amides is 2. The third-order valence-corrected chi connectivity index (χ3v) is 6.02. The van der Waals surface area contributed by atoms with E-state index in [-0.39, 0.29) is 18.0 Å². The molecule has 0 saturated carbocycles. The Morgan fingerprint density at radius 2 is 1.56 bits per heavy atom. The highest BCUT2D eigenvalue weighted by molar-refractivity contribution is 6.51. The topological polar surface area (TPSA) is 153 Å². The number of pyridine rings is 1. The van der Waals surface area contributed by atoms with E-state index in [1.165, 1.54) is 26.8 Å². The second-order valence-corrected chi connectivity index (χ2v) is 9.87. The lowest BCUT2D eigenvalue weighted by Gasteiger charge is -2.31. The van der Waals surface area contributed by atoms with Crippen molar-refractivity contribution in [2.24, 2.45) is 5.92 Å². The fraction of sp³-hybridized carbons (Fsp3) is 0.444. The molecule has 2 amide bonds. The van der Waals surface area contributed by atoms with Gasteiger partial charge in [-0.15, -0.1) is 0 Å². The van der Waals surface area contributed by atoms with Gasteiger partial charge in [0.25, 0.3) is 5.91 Å². The minimum atomic E-state index is -1.43. The average Bonchev–Trinajstić information content (AvgIpc) is 2.90. The van der Waals surface area contributed by atoms with Crippen LogP contribution in [0.2, 0.25) is 0 Å². The molecule has 1 aromatic carbocycles. The number of benzene rings is 1. The van der Waals surface area contributed by atoms with Crippen LogP contribution in [0.5, 0.6) is 0 Å². The lowest BCUT2D eigenvalue weighted by Crippen LogP contribution is -2.60. The highest BCUT2D eigenvalue weighted by Crippen LogP contribution is 2.18. The van der Waals surface area contributed by atoms with Gasteiger partial charge < -0.3 is 29.8 Å². The molecule has 3 N–H and O–H groups in total. The third kappa shape index (κ3) is 8.11. The molecule has 1 aromatic heterocycles. The van der Waals surface area contributed by atoms with Gasteiger partial charge in [-0.25, -0.2) is 4.98 Å². The number of nitrogens with one attached hydrogen (secondary N) is 2. The van der Waals surface area contributed by atoms with E-state index in [2.05, 4.69) is 15.6 Å². The van der Waals surface area contributed by atoms with Crippen molar-refractivity contribution in [3.05, 3.63) is 54.2 Å². The van der Waals surface area contributed by atoms with Crippen molar-refractivity contribution in [2.45, 2.75) is 71.3 Å². The van der Waals surface area contributed by atoms with E-state index >= 15 is 0 Å². The summed E-state index contributed by atoms with van der Waals surface area (Å²) in [7, 11) is -1.43. The number of aliphatic hydroxyl groups excluding tert-OH is 1. The standard InChI is InChI=1S/C27H34BN3O8/c1-15(2)14-22(28-38-26(35)17(4)37-18(5)27(36)39-28)30-25(34)23(16(3)32)31-24(33)21-13-9-12-20(29-21)19-10-7-6-8-11-19/h6-13,15-18,22-23,32H,14H2,1-5H3,(H,30,34)(H,31,33)/t16-,17-,18+,22+,23+/m1/s1. The van der Waals surface area contributed by atoms with E-state index in [0.29, 0.717) is 5.69 Å². The molecule has 1 fully saturated rings. The monoisotopic (exact) mass is 539 g/mol. The molecule has 1 aliphatic rings. The summed E-state index contributed by atoms with van der Waals surface area (Å²) in [6.07, 6.45) is -3.06. The number of aromatic nitrogens is 1. The first-order valence-electron chi connectivity index (χ1n) is 12.8. The summed E-state index contributed by atoms with van der Waals surface area (Å²) >= 11 is 0. The Hall–Kier alpha value is -3.77. The molecule has 1 aliphatic heterocycles. The summed E-state index contributed by atoms with van der Waals surface area (Å²) < 4.78 is 16.0. The first kappa shape index (κ1) is 29.8. The average molecular weight is 539 g/mol. The Labute approximate surface area is 227 Å². The van der Waals surface area contributed by atoms with Gasteiger partial charge in [0.05, 0.1) is 17.7 Å². The van der Waals surface area contributed by atoms with Crippen LogP contribution in [0, 0.1) is 5.92 Å². The normalized spacial score (nSPS) is 20.1. The van der Waals surface area contributed by atoms with Gasteiger partial charge in [-0.2, -0.15) is 0 Å². The van der Waals surface area contributed by atoms with Gasteiger partial charge in [0.15, 0.2) is 12.2 Å². The molecule has 2 aromatic rings. The molecular weight excluding hydrogens is 505 g/mol. The summed E-state index contributed by atoms with van der Waals surface area (Å²) in [4.78, 5) is 55.6. The van der Waals surface area contributed by atoms with Crippen LogP contribution in [0.25, 0.3) is 11.3 Å². The van der Waals surface area contributed by atoms with Crippen LogP contribution in [0.4, 0.5) is 0 Å². The molecule has 3 rings (SSSR count). The van der Waals surface area contributed by atoms with Gasteiger partial charge in [-0.05, 0) is 45.2 Å². The maximum Gasteiger partial charge on any atom is 0.622 e. The second kappa shape index (κ2) is 13.3. The molecule has 0 radical (unpaired) electrons. The molecule has 5 atom stereocenters. The van der Waals surface area contributed by atoms with Gasteiger partial charge in [0, 0.05) is 5.56 Å². The fourth-order valence-corrected chi connectivity index (χ4v) is 4.00. The van der Waals surface area contributed by atoms with Gasteiger partial charge >= 0.3 is 19.1 Å². The first-order chi connectivity index (χ1) is 18.5. The van der Waals surface area contributed by atoms with E-state index < -0.39 is 61.2 Å². The van der Waals surface area contributed by atoms with Crippen molar-refractivity contribution in [1.82, 2.24) is 15.6 Å². The Balaban J connectivity index is 1.79. The van der Waals surface area contributed by atoms with Crippen molar-refractivity contribution in [3.8, 4) is 11.3 Å². The number of carbonyl (C=O) groups excluding carboxylic acids is 4. The van der Waals surface area contributed by atoms with Crippen LogP contribution in [0.1, 0.15) is 51.5 Å². The van der Waals surface area contributed by atoms with Crippen LogP contribution in [-0.4, -0.2) is 71.3 Å². The van der Waals surface area contributed by atoms with Crippen molar-refractivity contribution in [2.75, 3.05) is 0 Å². The lowest BCUT2D eigenvalue weighted by atomic mass is 9.73. The van der Waals surface area contributed by atoms with Crippen LogP contribution in [0.3, 0.4) is 0 Å². The zero-order valence-corrected chi connectivity index (χ0v) is 22.6. The number of aliphatic hydroxyl groups is 1. The lowest BCUT2D eigenvalue weighted by molar-refractivity contribution is -0.168. The molecular formula is C27H34BN3O8. The first-order valence-corrected chi connectivity index (χ1v) is 12.8. The summed E-state index contributed by atoms with van der Waals surface area (Å²) in [6, 6.07) is 12.8. The summed E-state index contributed by atoms with van der Waals surface area (Å²) in [5, 5.41) is 15.6. The summed E-state index contributed by atoms with van der Waals surface area (Å²) in [5.74, 6) is -3.90. The number of hydrogen-bond acceptors (Lipinski definition) is 9. The van der Waals surface area contributed by atoms with Gasteiger partial charge in [-0.1, -0.05) is 50.2 Å². The SMILES string of the molecule is CC(C)C[C@H](NC(=O)[C@@H](NC(=O)c1cccc(-c2ccccc2)n1)[C@@H](C)O)B1OC(=O)[C@H](C)O[C@H](C)C(=O)O1. The second-order valence-electron chi connectivity index (χ2n) is 9.87. The molecule has 208 valence electrons. The number of ether oxygens (including phenoxy) is 1. The van der Waals surface area contributed by atoms with Gasteiger partial charge in [0.1, 0.15) is 11.7 Å². The zero-order chi connectivity index (χ0) is 28.7. The predicted octanol–water partition coefficient (Wildman–Crippen LogP) is 1.68. The van der Waals surface area contributed by atoms with Crippen LogP contribution >= 0.6 is 0 Å². The zero-order valence-electron chi connectivity index (χ0n) is 22.6. The summed E-state index contributed by atoms with van der Waals surface area (Å²) in [5.41, 5.74) is 1.43. The fourth-order valence-electron chi connectivity index (χ4n) is 4.00. The maximum atomic E-state index is 13.3. The van der Waals surface area contributed by atoms with E-state index in [4.69, 9.17) is 14.0 Å². The highest BCUT2D eigenvalue weighted by Gasteiger charge is 2.44. The molecule has 0 spiro atoms. The Morgan fingerprint density at radius 1 is 0.949 bits per heavy atom. The Morgan fingerprint density at radius 3 is 2.13 bits per heavy atom. The van der Waals surface area contributed by atoms with Crippen LogP contribution in [0.15, 0.2) is 48.5 Å². The van der Waals surface area contributed by atoms with Crippen molar-refractivity contribution in [3.63, 3.8) is 0 Å². The highest BCUT2D eigenvalue weighted by atomic mass is 16.7. The molecule has 11 nitrogen and oxygen atoms in total. The van der Waals surface area contributed by atoms with E-state index in [1.807, 2.05) is 44.2 Å². The van der Waals surface area contributed by atoms with Crippen molar-refractivity contribution in [1.29, 1.82) is 0 Å². The number of rotatable bonds is 9. The number of hydrogen-bond donors (Lipinski definition) is 3. The smallest absolute Gasteiger partial charge is 0.496 e. The molecule has 0 aliphatic carbocycles. The van der Waals surface area contributed by atoms with Gasteiger partial charge in [-0.3, -0.25) is 19.2 Å². The van der Waals surface area contributed by atoms with Crippen LogP contribution < -0.4 is 10.6 Å². The molecule has 12 heteroatoms. The molecule has 1 saturated heterocycles. The Kier molecular flexibility index (Phi) is 10.2. The summed E-state index contributed by atoms with van der Waals surface area (Å²) in [6.45, 7) is 8.00.